The van der Waals surface area contributed by atoms with Crippen LogP contribution in [0, 0.1) is 18.3 Å². The van der Waals surface area contributed by atoms with Crippen molar-refractivity contribution in [2.45, 2.75) is 17.8 Å². The quantitative estimate of drug-likeness (QED) is 0.356. The first kappa shape index (κ1) is 21.5. The predicted molar refractivity (Wildman–Crippen MR) is 125 cm³/mol. The van der Waals surface area contributed by atoms with Crippen molar-refractivity contribution < 1.29 is 9.47 Å². The van der Waals surface area contributed by atoms with Crippen LogP contribution in [-0.4, -0.2) is 29.0 Å². The summed E-state index contributed by atoms with van der Waals surface area (Å²) in [6.07, 6.45) is 0. The van der Waals surface area contributed by atoms with E-state index < -0.39 is 0 Å². The molecule has 1 heterocycles. The lowest BCUT2D eigenvalue weighted by atomic mass is 10.1. The zero-order valence-corrected chi connectivity index (χ0v) is 18.9. The van der Waals surface area contributed by atoms with E-state index in [9.17, 15) is 5.26 Å². The maximum Gasteiger partial charge on any atom is 0.196 e. The number of ether oxygens (including phenoxy) is 2. The number of benzene rings is 3. The predicted octanol–water partition coefficient (Wildman–Crippen LogP) is 5.42. The molecular formula is C25H22N4O2S. The Balaban J connectivity index is 1.77. The third kappa shape index (κ3) is 4.32. The van der Waals surface area contributed by atoms with E-state index in [1.807, 2.05) is 48.5 Å². The van der Waals surface area contributed by atoms with Crippen LogP contribution in [0.1, 0.15) is 16.7 Å². The summed E-state index contributed by atoms with van der Waals surface area (Å²) in [5.74, 6) is 2.68. The second kappa shape index (κ2) is 9.58. The molecule has 0 atom stereocenters. The number of nitrogens with zero attached hydrogens (tertiary/aromatic N) is 4. The van der Waals surface area contributed by atoms with Crippen LogP contribution < -0.4 is 9.47 Å². The van der Waals surface area contributed by atoms with Crippen molar-refractivity contribution in [2.24, 2.45) is 0 Å². The minimum absolute atomic E-state index is 0.631. The SMILES string of the molecule is COc1ccc(-c2nnc(SCc3cccc(C#N)c3)n2-c2ccccc2C)cc1OC. The molecule has 0 aliphatic heterocycles. The molecule has 0 N–H and O–H groups in total. The molecule has 1 aromatic heterocycles. The first-order valence-electron chi connectivity index (χ1n) is 10.00. The molecule has 0 spiro atoms. The van der Waals surface area contributed by atoms with Crippen LogP contribution in [0.2, 0.25) is 0 Å². The average molecular weight is 443 g/mol. The van der Waals surface area contributed by atoms with E-state index in [1.165, 1.54) is 0 Å². The van der Waals surface area contributed by atoms with Gasteiger partial charge in [-0.25, -0.2) is 0 Å². The molecule has 0 bridgehead atoms. The van der Waals surface area contributed by atoms with Gasteiger partial charge >= 0.3 is 0 Å². The Labute approximate surface area is 191 Å². The van der Waals surface area contributed by atoms with Gasteiger partial charge in [0.25, 0.3) is 0 Å². The van der Waals surface area contributed by atoms with Gasteiger partial charge < -0.3 is 9.47 Å². The van der Waals surface area contributed by atoms with Gasteiger partial charge in [0.15, 0.2) is 22.5 Å². The van der Waals surface area contributed by atoms with Crippen molar-refractivity contribution in [2.75, 3.05) is 14.2 Å². The lowest BCUT2D eigenvalue weighted by Crippen LogP contribution is -2.02. The molecule has 6 nitrogen and oxygen atoms in total. The Hall–Kier alpha value is -3.76. The van der Waals surface area contributed by atoms with Crippen molar-refractivity contribution in [3.05, 3.63) is 83.4 Å². The summed E-state index contributed by atoms with van der Waals surface area (Å²) in [6, 6.07) is 23.7. The molecule has 3 aromatic carbocycles. The van der Waals surface area contributed by atoms with Gasteiger partial charge in [0.05, 0.1) is 31.5 Å². The number of hydrogen-bond acceptors (Lipinski definition) is 6. The number of thioether (sulfide) groups is 1. The van der Waals surface area contributed by atoms with Crippen LogP contribution in [0.3, 0.4) is 0 Å². The number of para-hydroxylation sites is 1. The van der Waals surface area contributed by atoms with E-state index in [0.29, 0.717) is 28.6 Å². The fraction of sp³-hybridized carbons (Fsp3) is 0.160. The van der Waals surface area contributed by atoms with Crippen molar-refractivity contribution in [3.63, 3.8) is 0 Å². The zero-order valence-electron chi connectivity index (χ0n) is 18.1. The molecule has 0 saturated heterocycles. The van der Waals surface area contributed by atoms with E-state index in [2.05, 4.69) is 39.9 Å². The van der Waals surface area contributed by atoms with Crippen molar-refractivity contribution in [3.8, 4) is 34.6 Å². The monoisotopic (exact) mass is 442 g/mol. The van der Waals surface area contributed by atoms with Gasteiger partial charge in [0.1, 0.15) is 0 Å². The summed E-state index contributed by atoms with van der Waals surface area (Å²) in [7, 11) is 3.23. The van der Waals surface area contributed by atoms with Gasteiger partial charge in [-0.15, -0.1) is 10.2 Å². The lowest BCUT2D eigenvalue weighted by Gasteiger charge is -2.14. The summed E-state index contributed by atoms with van der Waals surface area (Å²) in [5, 5.41) is 19.0. The Morgan fingerprint density at radius 3 is 2.50 bits per heavy atom. The fourth-order valence-electron chi connectivity index (χ4n) is 3.44. The maximum atomic E-state index is 9.18. The Morgan fingerprint density at radius 1 is 0.938 bits per heavy atom. The summed E-state index contributed by atoms with van der Waals surface area (Å²) in [6.45, 7) is 2.07. The van der Waals surface area contributed by atoms with Crippen molar-refractivity contribution >= 4 is 11.8 Å². The molecule has 0 aliphatic rings. The van der Waals surface area contributed by atoms with Crippen molar-refractivity contribution in [1.29, 1.82) is 5.26 Å². The van der Waals surface area contributed by atoms with E-state index in [0.717, 1.165) is 27.5 Å². The molecule has 7 heteroatoms. The standard InChI is InChI=1S/C25H22N4O2S/c1-17-7-4-5-10-21(17)29-24(20-11-12-22(30-2)23(14-20)31-3)27-28-25(29)32-16-19-9-6-8-18(13-19)15-26/h4-14H,16H2,1-3H3. The minimum Gasteiger partial charge on any atom is -0.493 e. The minimum atomic E-state index is 0.631. The topological polar surface area (TPSA) is 73.0 Å². The normalized spacial score (nSPS) is 10.6. The zero-order chi connectivity index (χ0) is 22.5. The first-order chi connectivity index (χ1) is 15.6. The average Bonchev–Trinajstić information content (AvgIpc) is 3.26. The summed E-state index contributed by atoms with van der Waals surface area (Å²) in [5.41, 5.74) is 4.70. The van der Waals surface area contributed by atoms with E-state index >= 15 is 0 Å². The van der Waals surface area contributed by atoms with Gasteiger partial charge in [0, 0.05) is 11.3 Å². The number of aromatic nitrogens is 3. The third-order valence-corrected chi connectivity index (χ3v) is 6.06. The number of rotatable bonds is 7. The summed E-state index contributed by atoms with van der Waals surface area (Å²) < 4.78 is 12.9. The molecule has 0 amide bonds. The van der Waals surface area contributed by atoms with Crippen LogP contribution in [0.5, 0.6) is 11.5 Å². The number of methoxy groups -OCH3 is 2. The molecule has 0 radical (unpaired) electrons. The third-order valence-electron chi connectivity index (χ3n) is 5.06. The second-order valence-electron chi connectivity index (χ2n) is 7.10. The Morgan fingerprint density at radius 2 is 1.75 bits per heavy atom. The Bertz CT molecular complexity index is 1290. The molecule has 0 fully saturated rings. The largest absolute Gasteiger partial charge is 0.493 e. The molecule has 4 aromatic rings. The van der Waals surface area contributed by atoms with Gasteiger partial charge in [-0.05, 0) is 54.4 Å². The van der Waals surface area contributed by atoms with Gasteiger partial charge in [0.2, 0.25) is 0 Å². The highest BCUT2D eigenvalue weighted by atomic mass is 32.2. The Kier molecular flexibility index (Phi) is 6.43. The van der Waals surface area contributed by atoms with E-state index in [1.54, 1.807) is 32.0 Å². The van der Waals surface area contributed by atoms with Crippen LogP contribution >= 0.6 is 11.8 Å². The lowest BCUT2D eigenvalue weighted by molar-refractivity contribution is 0.355. The van der Waals surface area contributed by atoms with Gasteiger partial charge in [-0.3, -0.25) is 4.57 Å². The smallest absolute Gasteiger partial charge is 0.196 e. The molecule has 32 heavy (non-hydrogen) atoms. The van der Waals surface area contributed by atoms with Gasteiger partial charge in [-0.1, -0.05) is 42.1 Å². The molecule has 4 rings (SSSR count). The van der Waals surface area contributed by atoms with Gasteiger partial charge in [-0.2, -0.15) is 5.26 Å². The van der Waals surface area contributed by atoms with Crippen LogP contribution in [0.15, 0.2) is 71.9 Å². The molecule has 0 saturated carbocycles. The highest BCUT2D eigenvalue weighted by molar-refractivity contribution is 7.98. The highest BCUT2D eigenvalue weighted by Gasteiger charge is 2.19. The molecule has 0 aliphatic carbocycles. The maximum absolute atomic E-state index is 9.18. The summed E-state index contributed by atoms with van der Waals surface area (Å²) >= 11 is 1.58. The number of nitriles is 1. The van der Waals surface area contributed by atoms with Crippen LogP contribution in [0.4, 0.5) is 0 Å². The highest BCUT2D eigenvalue weighted by Crippen LogP contribution is 2.35. The molecular weight excluding hydrogens is 420 g/mol. The number of aryl methyl sites for hydroxylation is 1. The van der Waals surface area contributed by atoms with Crippen LogP contribution in [-0.2, 0) is 5.75 Å². The van der Waals surface area contributed by atoms with E-state index in [-0.39, 0.29) is 0 Å². The number of hydrogen-bond donors (Lipinski definition) is 0. The van der Waals surface area contributed by atoms with Crippen molar-refractivity contribution in [1.82, 2.24) is 14.8 Å². The fourth-order valence-corrected chi connectivity index (χ4v) is 4.32. The second-order valence-corrected chi connectivity index (χ2v) is 8.04. The van der Waals surface area contributed by atoms with Crippen LogP contribution in [0.25, 0.3) is 17.1 Å². The summed E-state index contributed by atoms with van der Waals surface area (Å²) in [4.78, 5) is 0. The molecule has 0 unspecified atom stereocenters. The van der Waals surface area contributed by atoms with E-state index in [4.69, 9.17) is 9.47 Å². The molecule has 160 valence electrons. The first-order valence-corrected chi connectivity index (χ1v) is 11.0.